The Balaban J connectivity index is 1.60. The topological polar surface area (TPSA) is 68.5 Å². The van der Waals surface area contributed by atoms with E-state index < -0.39 is 6.10 Å². The van der Waals surface area contributed by atoms with Gasteiger partial charge in [-0.15, -0.1) is 11.3 Å². The second-order valence-electron chi connectivity index (χ2n) is 5.76. The molecule has 7 heteroatoms. The zero-order chi connectivity index (χ0) is 17.8. The molecular weight excluding hydrogens is 338 g/mol. The van der Waals surface area contributed by atoms with E-state index in [1.807, 2.05) is 48.7 Å². The van der Waals surface area contributed by atoms with Crippen LogP contribution in [0.25, 0.3) is 10.7 Å². The van der Waals surface area contributed by atoms with Gasteiger partial charge in [0.1, 0.15) is 5.75 Å². The Morgan fingerprint density at radius 2 is 2.20 bits per heavy atom. The molecule has 2 aromatic heterocycles. The summed E-state index contributed by atoms with van der Waals surface area (Å²) in [4.78, 5) is 19.3. The van der Waals surface area contributed by atoms with Crippen LogP contribution in [0.2, 0.25) is 0 Å². The number of rotatable bonds is 6. The van der Waals surface area contributed by atoms with E-state index in [9.17, 15) is 4.79 Å². The van der Waals surface area contributed by atoms with Crippen LogP contribution in [-0.2, 0) is 11.3 Å². The molecule has 130 valence electrons. The monoisotopic (exact) mass is 357 g/mol. The average molecular weight is 357 g/mol. The molecule has 0 fully saturated rings. The molecule has 6 nitrogen and oxygen atoms in total. The average Bonchev–Trinajstić information content (AvgIpc) is 3.25. The van der Waals surface area contributed by atoms with Crippen LogP contribution in [0.5, 0.6) is 5.75 Å². The number of carbonyl (C=O) groups is 1. The highest BCUT2D eigenvalue weighted by atomic mass is 32.1. The van der Waals surface area contributed by atoms with Gasteiger partial charge in [-0.05, 0) is 43.0 Å². The maximum atomic E-state index is 12.5. The smallest absolute Gasteiger partial charge is 0.263 e. The first-order valence-corrected chi connectivity index (χ1v) is 8.75. The van der Waals surface area contributed by atoms with E-state index in [1.54, 1.807) is 14.0 Å². The Hall–Kier alpha value is -2.67. The predicted molar refractivity (Wildman–Crippen MR) is 95.4 cm³/mol. The number of hydrogen-bond donors (Lipinski definition) is 0. The van der Waals surface area contributed by atoms with E-state index in [4.69, 9.17) is 9.26 Å². The third-order valence-electron chi connectivity index (χ3n) is 3.61. The number of aromatic nitrogens is 2. The SMILES string of the molecule is Cc1cccc(O[C@@H](C)C(=O)N(C)Cc2nc(-c3cccs3)no2)c1. The molecule has 1 amide bonds. The molecule has 0 bridgehead atoms. The summed E-state index contributed by atoms with van der Waals surface area (Å²) in [6.07, 6.45) is -0.605. The number of amides is 1. The molecule has 2 heterocycles. The van der Waals surface area contributed by atoms with Gasteiger partial charge in [0.25, 0.3) is 5.91 Å². The molecule has 0 spiro atoms. The molecule has 0 saturated carbocycles. The van der Waals surface area contributed by atoms with Gasteiger partial charge in [0.15, 0.2) is 6.10 Å². The minimum absolute atomic E-state index is 0.155. The minimum atomic E-state index is -0.605. The number of carbonyl (C=O) groups excluding carboxylic acids is 1. The van der Waals surface area contributed by atoms with E-state index in [2.05, 4.69) is 10.1 Å². The quantitative estimate of drug-likeness (QED) is 0.675. The molecule has 3 rings (SSSR count). The van der Waals surface area contributed by atoms with Crippen molar-refractivity contribution in [1.82, 2.24) is 15.0 Å². The molecule has 0 aliphatic rings. The second-order valence-corrected chi connectivity index (χ2v) is 6.71. The van der Waals surface area contributed by atoms with Gasteiger partial charge < -0.3 is 14.2 Å². The van der Waals surface area contributed by atoms with Crippen LogP contribution in [0.1, 0.15) is 18.4 Å². The van der Waals surface area contributed by atoms with Gasteiger partial charge in [-0.1, -0.05) is 23.4 Å². The molecule has 1 atom stereocenters. The molecule has 0 radical (unpaired) electrons. The summed E-state index contributed by atoms with van der Waals surface area (Å²) >= 11 is 1.54. The number of hydrogen-bond acceptors (Lipinski definition) is 6. The fourth-order valence-corrected chi connectivity index (χ4v) is 3.01. The van der Waals surface area contributed by atoms with E-state index in [0.717, 1.165) is 10.4 Å². The van der Waals surface area contributed by atoms with Crippen molar-refractivity contribution in [2.45, 2.75) is 26.5 Å². The van der Waals surface area contributed by atoms with Crippen molar-refractivity contribution in [2.75, 3.05) is 7.05 Å². The van der Waals surface area contributed by atoms with Crippen LogP contribution in [0.15, 0.2) is 46.3 Å². The van der Waals surface area contributed by atoms with Crippen molar-refractivity contribution >= 4 is 17.2 Å². The lowest BCUT2D eigenvalue weighted by molar-refractivity contribution is -0.137. The lowest BCUT2D eigenvalue weighted by Crippen LogP contribution is -2.37. The number of benzene rings is 1. The van der Waals surface area contributed by atoms with E-state index in [1.165, 1.54) is 16.2 Å². The van der Waals surface area contributed by atoms with Crippen molar-refractivity contribution < 1.29 is 14.1 Å². The fraction of sp³-hybridized carbons (Fsp3) is 0.278. The van der Waals surface area contributed by atoms with E-state index >= 15 is 0 Å². The van der Waals surface area contributed by atoms with Crippen LogP contribution in [0.3, 0.4) is 0 Å². The summed E-state index contributed by atoms with van der Waals surface area (Å²) in [5.74, 6) is 1.45. The van der Waals surface area contributed by atoms with Crippen LogP contribution >= 0.6 is 11.3 Å². The highest BCUT2D eigenvalue weighted by Crippen LogP contribution is 2.21. The summed E-state index contributed by atoms with van der Waals surface area (Å²) in [7, 11) is 1.69. The summed E-state index contributed by atoms with van der Waals surface area (Å²) in [6.45, 7) is 3.94. The normalized spacial score (nSPS) is 12.0. The first-order chi connectivity index (χ1) is 12.0. The number of ether oxygens (including phenoxy) is 1. The van der Waals surface area contributed by atoms with Crippen LogP contribution < -0.4 is 4.74 Å². The summed E-state index contributed by atoms with van der Waals surface area (Å²) in [5, 5.41) is 5.90. The molecular formula is C18H19N3O3S. The Kier molecular flexibility index (Phi) is 5.14. The van der Waals surface area contributed by atoms with Gasteiger partial charge in [-0.3, -0.25) is 4.79 Å². The highest BCUT2D eigenvalue weighted by molar-refractivity contribution is 7.13. The Labute approximate surface area is 150 Å². The number of aryl methyl sites for hydroxylation is 1. The maximum Gasteiger partial charge on any atom is 0.263 e. The van der Waals surface area contributed by atoms with Crippen LogP contribution in [0.4, 0.5) is 0 Å². The number of nitrogens with zero attached hydrogens (tertiary/aromatic N) is 3. The Morgan fingerprint density at radius 1 is 1.36 bits per heavy atom. The number of thiophene rings is 1. The fourth-order valence-electron chi connectivity index (χ4n) is 2.36. The maximum absolute atomic E-state index is 12.5. The largest absolute Gasteiger partial charge is 0.481 e. The molecule has 1 aromatic carbocycles. The predicted octanol–water partition coefficient (Wildman–Crippen LogP) is 3.53. The Morgan fingerprint density at radius 3 is 2.92 bits per heavy atom. The van der Waals surface area contributed by atoms with Crippen LogP contribution in [-0.4, -0.2) is 34.1 Å². The van der Waals surface area contributed by atoms with Crippen molar-refractivity contribution in [3.8, 4) is 16.5 Å². The van der Waals surface area contributed by atoms with Crippen LogP contribution in [0, 0.1) is 6.92 Å². The lowest BCUT2D eigenvalue weighted by Gasteiger charge is -2.20. The van der Waals surface area contributed by atoms with E-state index in [0.29, 0.717) is 17.5 Å². The van der Waals surface area contributed by atoms with Crippen molar-refractivity contribution in [1.29, 1.82) is 0 Å². The molecule has 0 unspecified atom stereocenters. The van der Waals surface area contributed by atoms with Gasteiger partial charge >= 0.3 is 0 Å². The summed E-state index contributed by atoms with van der Waals surface area (Å²) < 4.78 is 11.0. The summed E-state index contributed by atoms with van der Waals surface area (Å²) in [5.41, 5.74) is 1.08. The third-order valence-corrected chi connectivity index (χ3v) is 4.47. The van der Waals surface area contributed by atoms with E-state index in [-0.39, 0.29) is 12.5 Å². The highest BCUT2D eigenvalue weighted by Gasteiger charge is 2.21. The minimum Gasteiger partial charge on any atom is -0.481 e. The van der Waals surface area contributed by atoms with Gasteiger partial charge in [-0.2, -0.15) is 4.98 Å². The van der Waals surface area contributed by atoms with Gasteiger partial charge in [0.05, 0.1) is 11.4 Å². The summed E-state index contributed by atoms with van der Waals surface area (Å²) in [6, 6.07) is 11.5. The first-order valence-electron chi connectivity index (χ1n) is 7.87. The first kappa shape index (κ1) is 17.2. The van der Waals surface area contributed by atoms with Gasteiger partial charge in [-0.25, -0.2) is 0 Å². The van der Waals surface area contributed by atoms with Crippen molar-refractivity contribution in [3.05, 3.63) is 53.2 Å². The molecule has 0 saturated heterocycles. The van der Waals surface area contributed by atoms with Gasteiger partial charge in [0, 0.05) is 7.05 Å². The molecule has 0 N–H and O–H groups in total. The molecule has 25 heavy (non-hydrogen) atoms. The molecule has 0 aliphatic heterocycles. The van der Waals surface area contributed by atoms with Gasteiger partial charge in [0.2, 0.25) is 11.7 Å². The Bertz CT molecular complexity index is 845. The molecule has 0 aliphatic carbocycles. The zero-order valence-corrected chi connectivity index (χ0v) is 15.1. The van der Waals surface area contributed by atoms with Crippen molar-refractivity contribution in [3.63, 3.8) is 0 Å². The second kappa shape index (κ2) is 7.48. The number of likely N-dealkylation sites (N-methyl/N-ethyl adjacent to an activating group) is 1. The molecule has 3 aromatic rings. The van der Waals surface area contributed by atoms with Crippen molar-refractivity contribution in [2.24, 2.45) is 0 Å². The zero-order valence-electron chi connectivity index (χ0n) is 14.3. The standard InChI is InChI=1S/C18H19N3O3S/c1-12-6-4-7-14(10-12)23-13(2)18(22)21(3)11-16-19-17(20-24-16)15-8-5-9-25-15/h4-10,13H,11H2,1-3H3/t13-/m0/s1. The third kappa shape index (κ3) is 4.24. The lowest BCUT2D eigenvalue weighted by atomic mass is 10.2.